The summed E-state index contributed by atoms with van der Waals surface area (Å²) in [5.41, 5.74) is 1.51. The average Bonchev–Trinajstić information content (AvgIpc) is 3.55. The second kappa shape index (κ2) is 7.46. The highest BCUT2D eigenvalue weighted by molar-refractivity contribution is 7.90. The first-order valence-corrected chi connectivity index (χ1v) is 12.0. The minimum atomic E-state index is -3.14. The second-order valence-electron chi connectivity index (χ2n) is 8.54. The summed E-state index contributed by atoms with van der Waals surface area (Å²) in [6, 6.07) is 3.66. The molecule has 8 nitrogen and oxygen atoms in total. The van der Waals surface area contributed by atoms with E-state index in [2.05, 4.69) is 15.0 Å². The molecule has 30 heavy (non-hydrogen) atoms. The average molecular weight is 431 g/mol. The molecular weight excluding hydrogens is 404 g/mol. The molecule has 3 aliphatic rings. The lowest BCUT2D eigenvalue weighted by Gasteiger charge is -2.37. The Morgan fingerprint density at radius 3 is 2.37 bits per heavy atom. The Morgan fingerprint density at radius 1 is 1.00 bits per heavy atom. The van der Waals surface area contributed by atoms with E-state index in [0.29, 0.717) is 30.6 Å². The molecule has 2 aliphatic carbocycles. The minimum absolute atomic E-state index is 0.0303. The topological polar surface area (TPSA) is 94.5 Å². The SMILES string of the molecule is Cc1ncccc1Oc1ncnc(OC2C3CCC2CN(S(=O)(=O)C2CC2)C3)c1C. The third kappa shape index (κ3) is 3.54. The number of hydrogen-bond donors (Lipinski definition) is 0. The molecule has 2 bridgehead atoms. The van der Waals surface area contributed by atoms with Gasteiger partial charge in [0.25, 0.3) is 0 Å². The van der Waals surface area contributed by atoms with E-state index < -0.39 is 10.0 Å². The van der Waals surface area contributed by atoms with E-state index in [-0.39, 0.29) is 23.2 Å². The first-order valence-electron chi connectivity index (χ1n) is 10.5. The molecule has 9 heteroatoms. The van der Waals surface area contributed by atoms with Gasteiger partial charge in [-0.05, 0) is 51.7 Å². The highest BCUT2D eigenvalue weighted by Crippen LogP contribution is 2.43. The number of sulfonamides is 1. The Balaban J connectivity index is 1.33. The first-order chi connectivity index (χ1) is 14.4. The van der Waals surface area contributed by atoms with E-state index >= 15 is 0 Å². The van der Waals surface area contributed by atoms with E-state index in [0.717, 1.165) is 36.9 Å². The molecular formula is C21H26N4O4S. The highest BCUT2D eigenvalue weighted by atomic mass is 32.2. The van der Waals surface area contributed by atoms with Gasteiger partial charge in [0.15, 0.2) is 5.75 Å². The molecule has 0 N–H and O–H groups in total. The van der Waals surface area contributed by atoms with Crippen LogP contribution in [-0.4, -0.2) is 52.1 Å². The van der Waals surface area contributed by atoms with E-state index in [9.17, 15) is 8.42 Å². The van der Waals surface area contributed by atoms with Crippen LogP contribution in [0.5, 0.6) is 17.5 Å². The van der Waals surface area contributed by atoms with Gasteiger partial charge >= 0.3 is 0 Å². The summed E-state index contributed by atoms with van der Waals surface area (Å²) in [6.45, 7) is 4.85. The fourth-order valence-corrected chi connectivity index (χ4v) is 6.51. The zero-order chi connectivity index (χ0) is 20.9. The van der Waals surface area contributed by atoms with Crippen molar-refractivity contribution in [2.75, 3.05) is 13.1 Å². The van der Waals surface area contributed by atoms with Gasteiger partial charge in [-0.3, -0.25) is 4.98 Å². The second-order valence-corrected chi connectivity index (χ2v) is 10.8. The molecule has 0 amide bonds. The van der Waals surface area contributed by atoms with Crippen LogP contribution in [0.1, 0.15) is 36.9 Å². The lowest BCUT2D eigenvalue weighted by atomic mass is 9.96. The molecule has 2 atom stereocenters. The van der Waals surface area contributed by atoms with E-state index in [1.807, 2.05) is 26.0 Å². The van der Waals surface area contributed by atoms with Crippen LogP contribution >= 0.6 is 0 Å². The number of nitrogens with zero attached hydrogens (tertiary/aromatic N) is 4. The van der Waals surface area contributed by atoms with Crippen molar-refractivity contribution < 1.29 is 17.9 Å². The summed E-state index contributed by atoms with van der Waals surface area (Å²) in [6.07, 6.45) is 6.69. The van der Waals surface area contributed by atoms with Crippen molar-refractivity contribution in [2.45, 2.75) is 50.9 Å². The van der Waals surface area contributed by atoms with Gasteiger partial charge in [-0.25, -0.2) is 22.7 Å². The van der Waals surface area contributed by atoms with Crippen LogP contribution in [0.15, 0.2) is 24.7 Å². The summed E-state index contributed by atoms with van der Waals surface area (Å²) in [5, 5.41) is -0.158. The van der Waals surface area contributed by atoms with Crippen LogP contribution in [0.4, 0.5) is 0 Å². The first kappa shape index (κ1) is 19.7. The van der Waals surface area contributed by atoms with E-state index in [4.69, 9.17) is 9.47 Å². The number of pyridine rings is 1. The van der Waals surface area contributed by atoms with E-state index in [1.165, 1.54) is 6.33 Å². The summed E-state index contributed by atoms with van der Waals surface area (Å²) < 4.78 is 39.4. The number of aryl methyl sites for hydroxylation is 1. The predicted octanol–water partition coefficient (Wildman–Crippen LogP) is 2.86. The molecule has 3 fully saturated rings. The molecule has 2 saturated carbocycles. The summed E-state index contributed by atoms with van der Waals surface area (Å²) >= 11 is 0. The van der Waals surface area contributed by atoms with Gasteiger partial charge in [0.1, 0.15) is 12.4 Å². The lowest BCUT2D eigenvalue weighted by Crippen LogP contribution is -2.50. The number of hydrogen-bond acceptors (Lipinski definition) is 7. The molecule has 1 aliphatic heterocycles. The Bertz CT molecular complexity index is 1040. The molecule has 3 heterocycles. The largest absolute Gasteiger partial charge is 0.473 e. The maximum atomic E-state index is 12.7. The van der Waals surface area contributed by atoms with Crippen LogP contribution in [0.25, 0.3) is 0 Å². The molecule has 2 unspecified atom stereocenters. The van der Waals surface area contributed by atoms with Crippen LogP contribution < -0.4 is 9.47 Å². The normalized spacial score (nSPS) is 26.5. The standard InChI is InChI=1S/C21H26N4O4S/c1-13-20(28-18-4-3-9-22-14(18)2)23-12-24-21(13)29-19-15-5-6-16(19)11-25(10-15)30(26,27)17-7-8-17/h3-4,9,12,15-17,19H,5-8,10-11H2,1-2H3. The van der Waals surface area contributed by atoms with Crippen LogP contribution in [0.2, 0.25) is 0 Å². The Kier molecular flexibility index (Phi) is 4.89. The van der Waals surface area contributed by atoms with E-state index in [1.54, 1.807) is 10.5 Å². The zero-order valence-corrected chi connectivity index (χ0v) is 18.0. The minimum Gasteiger partial charge on any atom is -0.473 e. The van der Waals surface area contributed by atoms with Crippen LogP contribution in [0, 0.1) is 25.7 Å². The Hall–Kier alpha value is -2.26. The number of aromatic nitrogens is 3. The maximum absolute atomic E-state index is 12.7. The zero-order valence-electron chi connectivity index (χ0n) is 17.2. The number of rotatable bonds is 6. The van der Waals surface area contributed by atoms with Gasteiger partial charge in [0.05, 0.1) is 16.5 Å². The fourth-order valence-electron chi connectivity index (χ4n) is 4.56. The van der Waals surface area contributed by atoms with Crippen molar-refractivity contribution in [3.05, 3.63) is 35.9 Å². The summed E-state index contributed by atoms with van der Waals surface area (Å²) in [7, 11) is -3.14. The fraction of sp³-hybridized carbons (Fsp3) is 0.571. The smallest absolute Gasteiger partial charge is 0.229 e. The molecule has 2 aromatic rings. The highest BCUT2D eigenvalue weighted by Gasteiger charge is 2.50. The Morgan fingerprint density at radius 2 is 1.70 bits per heavy atom. The maximum Gasteiger partial charge on any atom is 0.229 e. The van der Waals surface area contributed by atoms with Gasteiger partial charge in [-0.15, -0.1) is 0 Å². The third-order valence-corrected chi connectivity index (χ3v) is 8.76. The third-order valence-electron chi connectivity index (χ3n) is 6.42. The monoisotopic (exact) mass is 430 g/mol. The molecule has 1 saturated heterocycles. The van der Waals surface area contributed by atoms with Crippen molar-refractivity contribution in [3.8, 4) is 17.5 Å². The van der Waals surface area contributed by atoms with Crippen molar-refractivity contribution >= 4 is 10.0 Å². The summed E-state index contributed by atoms with van der Waals surface area (Å²) in [5.74, 6) is 1.97. The van der Waals surface area contributed by atoms with Gasteiger partial charge < -0.3 is 9.47 Å². The van der Waals surface area contributed by atoms with Crippen molar-refractivity contribution in [2.24, 2.45) is 11.8 Å². The van der Waals surface area contributed by atoms with Gasteiger partial charge in [0.2, 0.25) is 21.8 Å². The van der Waals surface area contributed by atoms with Crippen LogP contribution in [-0.2, 0) is 10.0 Å². The van der Waals surface area contributed by atoms with Gasteiger partial charge in [-0.1, -0.05) is 0 Å². The molecule has 5 rings (SSSR count). The summed E-state index contributed by atoms with van der Waals surface area (Å²) in [4.78, 5) is 12.8. The molecule has 0 aromatic carbocycles. The van der Waals surface area contributed by atoms with Crippen molar-refractivity contribution in [3.63, 3.8) is 0 Å². The predicted molar refractivity (Wildman–Crippen MR) is 110 cm³/mol. The number of piperidine rings is 1. The molecule has 2 aromatic heterocycles. The van der Waals surface area contributed by atoms with Crippen LogP contribution in [0.3, 0.4) is 0 Å². The number of fused-ring (bicyclic) bond motifs is 2. The molecule has 0 radical (unpaired) electrons. The number of ether oxygens (including phenoxy) is 2. The van der Waals surface area contributed by atoms with Crippen molar-refractivity contribution in [1.82, 2.24) is 19.3 Å². The molecule has 0 spiro atoms. The van der Waals surface area contributed by atoms with Crippen molar-refractivity contribution in [1.29, 1.82) is 0 Å². The van der Waals surface area contributed by atoms with Gasteiger partial charge in [-0.2, -0.15) is 0 Å². The molecule has 160 valence electrons. The lowest BCUT2D eigenvalue weighted by molar-refractivity contribution is 0.0598. The quantitative estimate of drug-likeness (QED) is 0.695. The Labute approximate surface area is 176 Å². The van der Waals surface area contributed by atoms with Gasteiger partial charge in [0, 0.05) is 31.1 Å².